The molecule has 0 aromatic rings. The zero-order valence-corrected chi connectivity index (χ0v) is 13.2. The van der Waals surface area contributed by atoms with Gasteiger partial charge in [0.25, 0.3) is 0 Å². The maximum atomic E-state index is 4.24. The van der Waals surface area contributed by atoms with E-state index in [9.17, 15) is 0 Å². The second-order valence-electron chi connectivity index (χ2n) is 3.68. The first-order valence-corrected chi connectivity index (χ1v) is 5.79. The molecule has 0 saturated heterocycles. The van der Waals surface area contributed by atoms with E-state index in [0.29, 0.717) is 0 Å². The molecule has 1 N–H and O–H groups in total. The van der Waals surface area contributed by atoms with Gasteiger partial charge in [-0.25, -0.2) is 0 Å². The molecule has 0 aliphatic heterocycles. The van der Waals surface area contributed by atoms with Gasteiger partial charge in [0.1, 0.15) is 0 Å². The number of allylic oxidation sites excluding steroid dienone is 1. The third kappa shape index (κ3) is 9.00. The summed E-state index contributed by atoms with van der Waals surface area (Å²) in [4.78, 5) is 6.41. The Balaban J connectivity index is 0. The molecule has 0 aliphatic rings. The summed E-state index contributed by atoms with van der Waals surface area (Å²) < 4.78 is 0. The van der Waals surface area contributed by atoms with Crippen LogP contribution in [0, 0.1) is 0 Å². The molecule has 4 heteroatoms. The van der Waals surface area contributed by atoms with Crippen molar-refractivity contribution in [3.63, 3.8) is 0 Å². The molecule has 96 valence electrons. The fourth-order valence-electron chi connectivity index (χ4n) is 1.34. The standard InChI is InChI=1S/C12H25N3.HI/c1-5-7-9-11-15(4)12(13-3)14-10-8-6-2;/h5H,1,6-11H2,2-4H3,(H,13,14);1H. The van der Waals surface area contributed by atoms with E-state index in [-0.39, 0.29) is 24.0 Å². The number of nitrogens with zero attached hydrogens (tertiary/aromatic N) is 2. The van der Waals surface area contributed by atoms with E-state index in [4.69, 9.17) is 0 Å². The average Bonchev–Trinajstić information content (AvgIpc) is 2.24. The zero-order chi connectivity index (χ0) is 11.5. The lowest BCUT2D eigenvalue weighted by Crippen LogP contribution is -2.39. The molecule has 0 atom stereocenters. The van der Waals surface area contributed by atoms with Crippen LogP contribution in [0.5, 0.6) is 0 Å². The summed E-state index contributed by atoms with van der Waals surface area (Å²) in [5, 5.41) is 3.35. The fraction of sp³-hybridized carbons (Fsp3) is 0.750. The van der Waals surface area contributed by atoms with Crippen LogP contribution < -0.4 is 5.32 Å². The van der Waals surface area contributed by atoms with Crippen LogP contribution in [0.15, 0.2) is 17.6 Å². The summed E-state index contributed by atoms with van der Waals surface area (Å²) in [6.45, 7) is 7.95. The van der Waals surface area contributed by atoms with Gasteiger partial charge < -0.3 is 10.2 Å². The van der Waals surface area contributed by atoms with Crippen LogP contribution in [-0.4, -0.2) is 38.0 Å². The lowest BCUT2D eigenvalue weighted by Gasteiger charge is -2.21. The number of aliphatic imine (C=N–C) groups is 1. The third-order valence-corrected chi connectivity index (χ3v) is 2.29. The highest BCUT2D eigenvalue weighted by molar-refractivity contribution is 14.0. The van der Waals surface area contributed by atoms with Gasteiger partial charge in [-0.05, 0) is 19.3 Å². The van der Waals surface area contributed by atoms with Crippen LogP contribution in [0.25, 0.3) is 0 Å². The summed E-state index contributed by atoms with van der Waals surface area (Å²) in [5.41, 5.74) is 0. The summed E-state index contributed by atoms with van der Waals surface area (Å²) in [6.07, 6.45) is 6.57. The number of hydrogen-bond acceptors (Lipinski definition) is 1. The first kappa shape index (κ1) is 18.1. The van der Waals surface area contributed by atoms with Gasteiger partial charge in [0, 0.05) is 27.2 Å². The second-order valence-corrected chi connectivity index (χ2v) is 3.68. The van der Waals surface area contributed by atoms with Gasteiger partial charge in [0.05, 0.1) is 0 Å². The number of rotatable bonds is 7. The molecule has 0 aliphatic carbocycles. The van der Waals surface area contributed by atoms with E-state index >= 15 is 0 Å². The highest BCUT2D eigenvalue weighted by Gasteiger charge is 2.03. The van der Waals surface area contributed by atoms with Gasteiger partial charge in [-0.1, -0.05) is 19.4 Å². The van der Waals surface area contributed by atoms with Gasteiger partial charge in [0.2, 0.25) is 0 Å². The summed E-state index contributed by atoms with van der Waals surface area (Å²) in [5.74, 6) is 0.993. The number of nitrogens with one attached hydrogen (secondary N) is 1. The maximum absolute atomic E-state index is 4.24. The Bertz CT molecular complexity index is 193. The quantitative estimate of drug-likeness (QED) is 0.254. The van der Waals surface area contributed by atoms with Gasteiger partial charge in [-0.3, -0.25) is 4.99 Å². The Morgan fingerprint density at radius 3 is 2.62 bits per heavy atom. The van der Waals surface area contributed by atoms with E-state index in [1.807, 2.05) is 13.1 Å². The first-order chi connectivity index (χ1) is 7.26. The topological polar surface area (TPSA) is 27.6 Å². The van der Waals surface area contributed by atoms with Gasteiger partial charge >= 0.3 is 0 Å². The van der Waals surface area contributed by atoms with Crippen molar-refractivity contribution in [2.45, 2.75) is 32.6 Å². The number of unbranched alkanes of at least 4 members (excludes halogenated alkanes) is 2. The van der Waals surface area contributed by atoms with Crippen molar-refractivity contribution in [1.82, 2.24) is 10.2 Å². The van der Waals surface area contributed by atoms with Gasteiger partial charge in [-0.2, -0.15) is 0 Å². The number of guanidine groups is 1. The van der Waals surface area contributed by atoms with Gasteiger partial charge in [0.15, 0.2) is 5.96 Å². The molecule has 0 rings (SSSR count). The Labute approximate surface area is 117 Å². The molecule has 0 heterocycles. The minimum absolute atomic E-state index is 0. The smallest absolute Gasteiger partial charge is 0.193 e. The molecule has 0 bridgehead atoms. The van der Waals surface area contributed by atoms with E-state index in [1.54, 1.807) is 0 Å². The molecule has 16 heavy (non-hydrogen) atoms. The first-order valence-electron chi connectivity index (χ1n) is 5.79. The third-order valence-electron chi connectivity index (χ3n) is 2.29. The Hall–Kier alpha value is -0.260. The SMILES string of the molecule is C=CCCCN(C)C(=NC)NCCCC.I. The zero-order valence-electron chi connectivity index (χ0n) is 10.8. The van der Waals surface area contributed by atoms with Crippen LogP contribution in [0.2, 0.25) is 0 Å². The van der Waals surface area contributed by atoms with Crippen molar-refractivity contribution in [1.29, 1.82) is 0 Å². The van der Waals surface area contributed by atoms with Crippen LogP contribution in [0.4, 0.5) is 0 Å². The summed E-state index contributed by atoms with van der Waals surface area (Å²) >= 11 is 0. The fourth-order valence-corrected chi connectivity index (χ4v) is 1.34. The largest absolute Gasteiger partial charge is 0.356 e. The molecule has 0 amide bonds. The number of halogens is 1. The molecule has 0 saturated carbocycles. The van der Waals surface area contributed by atoms with Crippen molar-refractivity contribution >= 4 is 29.9 Å². The molecule has 0 radical (unpaired) electrons. The van der Waals surface area contributed by atoms with Crippen molar-refractivity contribution in [3.05, 3.63) is 12.7 Å². The van der Waals surface area contributed by atoms with E-state index in [1.165, 1.54) is 12.8 Å². The minimum atomic E-state index is 0. The molecule has 0 aromatic heterocycles. The van der Waals surface area contributed by atoms with Crippen molar-refractivity contribution in [2.24, 2.45) is 4.99 Å². The Morgan fingerprint density at radius 1 is 1.44 bits per heavy atom. The maximum Gasteiger partial charge on any atom is 0.193 e. The predicted octanol–water partition coefficient (Wildman–Crippen LogP) is 2.88. The van der Waals surface area contributed by atoms with E-state index in [2.05, 4.69) is 35.8 Å². The lowest BCUT2D eigenvalue weighted by molar-refractivity contribution is 0.469. The molecule has 0 spiro atoms. The molecule has 3 nitrogen and oxygen atoms in total. The van der Waals surface area contributed by atoms with Crippen LogP contribution in [0.3, 0.4) is 0 Å². The summed E-state index contributed by atoms with van der Waals surface area (Å²) in [7, 11) is 3.91. The van der Waals surface area contributed by atoms with E-state index < -0.39 is 0 Å². The highest BCUT2D eigenvalue weighted by Crippen LogP contribution is 1.94. The van der Waals surface area contributed by atoms with Crippen molar-refractivity contribution in [3.8, 4) is 0 Å². The molecule has 0 fully saturated rings. The monoisotopic (exact) mass is 339 g/mol. The van der Waals surface area contributed by atoms with Crippen LogP contribution in [-0.2, 0) is 0 Å². The summed E-state index contributed by atoms with van der Waals surface area (Å²) in [6, 6.07) is 0. The Morgan fingerprint density at radius 2 is 2.12 bits per heavy atom. The second kappa shape index (κ2) is 12.8. The molecular formula is C12H26IN3. The average molecular weight is 339 g/mol. The molecule has 0 aromatic carbocycles. The van der Waals surface area contributed by atoms with Crippen molar-refractivity contribution in [2.75, 3.05) is 27.2 Å². The van der Waals surface area contributed by atoms with Gasteiger partial charge in [-0.15, -0.1) is 30.6 Å². The highest BCUT2D eigenvalue weighted by atomic mass is 127. The Kier molecular flexibility index (Phi) is 14.5. The van der Waals surface area contributed by atoms with Crippen LogP contribution >= 0.6 is 24.0 Å². The van der Waals surface area contributed by atoms with Crippen LogP contribution in [0.1, 0.15) is 32.6 Å². The lowest BCUT2D eigenvalue weighted by atomic mass is 10.3. The minimum Gasteiger partial charge on any atom is -0.356 e. The predicted molar refractivity (Wildman–Crippen MR) is 83.7 cm³/mol. The van der Waals surface area contributed by atoms with Crippen molar-refractivity contribution < 1.29 is 0 Å². The number of hydrogen-bond donors (Lipinski definition) is 1. The van der Waals surface area contributed by atoms with E-state index in [0.717, 1.165) is 31.9 Å². The molecule has 0 unspecified atom stereocenters. The molecular weight excluding hydrogens is 313 g/mol. The normalized spacial score (nSPS) is 10.6.